The van der Waals surface area contributed by atoms with Crippen LogP contribution < -0.4 is 10.2 Å². The van der Waals surface area contributed by atoms with Crippen LogP contribution >= 0.6 is 23.4 Å². The summed E-state index contributed by atoms with van der Waals surface area (Å²) in [4.78, 5) is 12.6. The molecule has 2 aromatic rings. The van der Waals surface area contributed by atoms with Gasteiger partial charge in [-0.15, -0.1) is 11.8 Å². The fourth-order valence-electron chi connectivity index (χ4n) is 2.78. The summed E-state index contributed by atoms with van der Waals surface area (Å²) in [6.07, 6.45) is 2.09. The van der Waals surface area contributed by atoms with Crippen LogP contribution in [-0.2, 0) is 0 Å². The Morgan fingerprint density at radius 2 is 2.20 bits per heavy atom. The minimum atomic E-state index is -0.137. The smallest absolute Gasteiger partial charge is 0.234 e. The quantitative estimate of drug-likeness (QED) is 0.733. The second-order valence-electron chi connectivity index (χ2n) is 5.05. The van der Waals surface area contributed by atoms with Gasteiger partial charge in [0.1, 0.15) is 11.7 Å². The summed E-state index contributed by atoms with van der Waals surface area (Å²) in [7, 11) is 0. The number of fused-ring (bicyclic) bond motifs is 4. The van der Waals surface area contributed by atoms with E-state index >= 15 is 0 Å². The Balaban J connectivity index is 2.02. The first-order chi connectivity index (χ1) is 9.65. The summed E-state index contributed by atoms with van der Waals surface area (Å²) in [5, 5.41) is 3.17. The van der Waals surface area contributed by atoms with Crippen LogP contribution in [0.2, 0.25) is 5.02 Å². The van der Waals surface area contributed by atoms with E-state index in [9.17, 15) is 4.79 Å². The predicted octanol–water partition coefficient (Wildman–Crippen LogP) is 4.15. The van der Waals surface area contributed by atoms with Gasteiger partial charge in [-0.05, 0) is 30.5 Å². The van der Waals surface area contributed by atoms with Gasteiger partial charge in [0.15, 0.2) is 5.76 Å². The maximum atomic E-state index is 12.6. The van der Waals surface area contributed by atoms with Crippen LogP contribution in [-0.4, -0.2) is 6.10 Å². The zero-order chi connectivity index (χ0) is 13.9. The van der Waals surface area contributed by atoms with Gasteiger partial charge in [-0.25, -0.2) is 0 Å². The topological polar surface area (TPSA) is 39.4 Å². The highest BCUT2D eigenvalue weighted by Crippen LogP contribution is 2.50. The van der Waals surface area contributed by atoms with Crippen LogP contribution in [0.25, 0.3) is 11.0 Å². The third-order valence-electron chi connectivity index (χ3n) is 3.82. The summed E-state index contributed by atoms with van der Waals surface area (Å²) in [6, 6.07) is 5.09. The zero-order valence-electron chi connectivity index (χ0n) is 10.6. The molecule has 4 rings (SSSR count). The summed E-state index contributed by atoms with van der Waals surface area (Å²) in [5.41, 5.74) is 0.420. The fraction of sp³-hybridized carbons (Fsp3) is 0.267. The van der Waals surface area contributed by atoms with Gasteiger partial charge in [-0.2, -0.15) is 0 Å². The van der Waals surface area contributed by atoms with E-state index in [2.05, 4.69) is 11.5 Å². The Hall–Kier alpha value is -1.39. The van der Waals surface area contributed by atoms with Crippen LogP contribution in [0.15, 0.2) is 38.9 Å². The van der Waals surface area contributed by atoms with Crippen LogP contribution in [0.1, 0.15) is 17.9 Å². The molecule has 5 heteroatoms. The first kappa shape index (κ1) is 12.4. The molecular formula is C15H11ClO3S. The molecule has 102 valence electrons. The van der Waals surface area contributed by atoms with Gasteiger partial charge in [-0.3, -0.25) is 4.79 Å². The van der Waals surface area contributed by atoms with Gasteiger partial charge >= 0.3 is 0 Å². The van der Waals surface area contributed by atoms with Crippen LogP contribution in [0.5, 0.6) is 5.75 Å². The van der Waals surface area contributed by atoms with Crippen LogP contribution in [0.4, 0.5) is 0 Å². The molecule has 0 saturated carbocycles. The minimum absolute atomic E-state index is 0.0294. The van der Waals surface area contributed by atoms with Gasteiger partial charge in [0, 0.05) is 10.9 Å². The molecule has 0 N–H and O–H groups in total. The molecule has 0 amide bonds. The molecule has 1 aromatic heterocycles. The second-order valence-corrected chi connectivity index (χ2v) is 6.54. The Kier molecular flexibility index (Phi) is 2.66. The van der Waals surface area contributed by atoms with Crippen molar-refractivity contribution in [2.75, 3.05) is 0 Å². The average molecular weight is 307 g/mol. The zero-order valence-corrected chi connectivity index (χ0v) is 12.2. The summed E-state index contributed by atoms with van der Waals surface area (Å²) in [6.45, 7) is 1.98. The molecule has 1 aromatic carbocycles. The molecule has 0 radical (unpaired) electrons. The molecule has 2 aliphatic heterocycles. The molecule has 0 fully saturated rings. The molecular weight excluding hydrogens is 296 g/mol. The van der Waals surface area contributed by atoms with Crippen molar-refractivity contribution in [2.45, 2.75) is 18.3 Å². The molecule has 0 spiro atoms. The highest BCUT2D eigenvalue weighted by molar-refractivity contribution is 8.02. The number of hydrogen-bond acceptors (Lipinski definition) is 4. The van der Waals surface area contributed by atoms with Crippen LogP contribution in [0, 0.1) is 5.92 Å². The molecule has 20 heavy (non-hydrogen) atoms. The Morgan fingerprint density at radius 3 is 3.05 bits per heavy atom. The maximum absolute atomic E-state index is 12.6. The van der Waals surface area contributed by atoms with Gasteiger partial charge in [0.25, 0.3) is 0 Å². The summed E-state index contributed by atoms with van der Waals surface area (Å²) >= 11 is 7.63. The molecule has 3 nitrogen and oxygen atoms in total. The molecule has 3 atom stereocenters. The van der Waals surface area contributed by atoms with E-state index in [0.717, 1.165) is 0 Å². The molecule has 3 heterocycles. The molecule has 0 aliphatic carbocycles. The Labute approximate surface area is 124 Å². The molecule has 0 saturated heterocycles. The first-order valence-corrected chi connectivity index (χ1v) is 7.72. The number of ether oxygens (including phenoxy) is 1. The van der Waals surface area contributed by atoms with Gasteiger partial charge < -0.3 is 9.15 Å². The van der Waals surface area contributed by atoms with Crippen molar-refractivity contribution in [1.82, 2.24) is 0 Å². The lowest BCUT2D eigenvalue weighted by atomic mass is 9.94. The fourth-order valence-corrected chi connectivity index (χ4v) is 4.17. The average Bonchev–Trinajstić information content (AvgIpc) is 2.92. The normalized spacial score (nSPS) is 27.2. The number of rotatable bonds is 0. The van der Waals surface area contributed by atoms with Gasteiger partial charge in [0.05, 0.1) is 10.6 Å². The Morgan fingerprint density at radius 1 is 1.35 bits per heavy atom. The van der Waals surface area contributed by atoms with E-state index < -0.39 is 0 Å². The molecule has 0 bridgehead atoms. The van der Waals surface area contributed by atoms with E-state index in [1.807, 2.05) is 6.92 Å². The van der Waals surface area contributed by atoms with Crippen molar-refractivity contribution >= 4 is 34.3 Å². The standard InChI is InChI=1S/C15H11ClO3S/c1-7-9-4-5-20-15(9)14-13(18-7)12(17)10-6-8(16)2-3-11(10)19-14/h2-7,9,15H,1H3/t7-,9+,15+/m0/s1. The summed E-state index contributed by atoms with van der Waals surface area (Å²) < 4.78 is 11.7. The van der Waals surface area contributed by atoms with E-state index in [4.69, 9.17) is 20.8 Å². The van der Waals surface area contributed by atoms with Crippen molar-refractivity contribution in [3.8, 4) is 5.75 Å². The van der Waals surface area contributed by atoms with E-state index in [-0.39, 0.29) is 22.7 Å². The highest BCUT2D eigenvalue weighted by atomic mass is 35.5. The van der Waals surface area contributed by atoms with E-state index in [1.165, 1.54) is 0 Å². The van der Waals surface area contributed by atoms with Crippen molar-refractivity contribution in [3.63, 3.8) is 0 Å². The van der Waals surface area contributed by atoms with E-state index in [0.29, 0.717) is 27.5 Å². The SMILES string of the molecule is C[C@@H]1Oc2c(oc3ccc(Cl)cc3c2=O)[C@@H]2SC=C[C@H]12. The first-order valence-electron chi connectivity index (χ1n) is 6.40. The van der Waals surface area contributed by atoms with Crippen molar-refractivity contribution < 1.29 is 9.15 Å². The monoisotopic (exact) mass is 306 g/mol. The lowest BCUT2D eigenvalue weighted by Crippen LogP contribution is -2.32. The lowest BCUT2D eigenvalue weighted by Gasteiger charge is -2.31. The number of hydrogen-bond donors (Lipinski definition) is 0. The minimum Gasteiger partial charge on any atom is -0.483 e. The van der Waals surface area contributed by atoms with Crippen molar-refractivity contribution in [3.05, 3.63) is 50.7 Å². The van der Waals surface area contributed by atoms with Gasteiger partial charge in [-0.1, -0.05) is 17.7 Å². The predicted molar refractivity (Wildman–Crippen MR) is 80.5 cm³/mol. The van der Waals surface area contributed by atoms with Crippen molar-refractivity contribution in [2.24, 2.45) is 5.92 Å². The summed E-state index contributed by atoms with van der Waals surface area (Å²) in [5.74, 6) is 1.23. The number of thioether (sulfide) groups is 1. The number of halogens is 1. The molecule has 0 unspecified atom stereocenters. The lowest BCUT2D eigenvalue weighted by molar-refractivity contribution is 0.138. The third-order valence-corrected chi connectivity index (χ3v) is 5.19. The van der Waals surface area contributed by atoms with E-state index in [1.54, 1.807) is 30.0 Å². The second kappa shape index (κ2) is 4.30. The highest BCUT2D eigenvalue weighted by Gasteiger charge is 2.41. The number of benzene rings is 1. The molecule has 2 aliphatic rings. The van der Waals surface area contributed by atoms with Crippen molar-refractivity contribution in [1.29, 1.82) is 0 Å². The largest absolute Gasteiger partial charge is 0.483 e. The maximum Gasteiger partial charge on any atom is 0.234 e. The van der Waals surface area contributed by atoms with Gasteiger partial charge in [0.2, 0.25) is 11.2 Å². The third kappa shape index (κ3) is 1.64. The Bertz CT molecular complexity index is 796. The van der Waals surface area contributed by atoms with Crippen LogP contribution in [0.3, 0.4) is 0 Å².